The van der Waals surface area contributed by atoms with Gasteiger partial charge in [-0.3, -0.25) is 19.3 Å². The van der Waals surface area contributed by atoms with E-state index in [9.17, 15) is 24.6 Å². The number of carbonyl (C=O) groups excluding carboxylic acids is 3. The SMILES string of the molecule is COc1cc(C=O)cc(I)c1O[C@H]1C=C(C(=O)NCCO)C[C@@H](N(CCN2CCOCC2)C(=O)CC2CC3CCC2C3)[C@@H]1O. The first kappa shape index (κ1) is 33.1. The van der Waals surface area contributed by atoms with Crippen LogP contribution in [0.5, 0.6) is 11.5 Å². The van der Waals surface area contributed by atoms with E-state index in [4.69, 9.17) is 14.2 Å². The monoisotopic (exact) mass is 725 g/mol. The molecular weight excluding hydrogens is 681 g/mol. The van der Waals surface area contributed by atoms with Gasteiger partial charge in [-0.05, 0) is 77.8 Å². The first-order valence-corrected chi connectivity index (χ1v) is 16.8. The van der Waals surface area contributed by atoms with Gasteiger partial charge in [0.2, 0.25) is 11.8 Å². The van der Waals surface area contributed by atoms with E-state index in [2.05, 4.69) is 10.2 Å². The molecule has 11 nitrogen and oxygen atoms in total. The van der Waals surface area contributed by atoms with Crippen LogP contribution in [0.25, 0.3) is 0 Å². The van der Waals surface area contributed by atoms with Crippen LogP contribution >= 0.6 is 22.6 Å². The second-order valence-corrected chi connectivity index (χ2v) is 13.5. The maximum atomic E-state index is 14.2. The predicted octanol–water partition coefficient (Wildman–Crippen LogP) is 2.01. The molecule has 3 fully saturated rings. The molecule has 6 atom stereocenters. The van der Waals surface area contributed by atoms with Gasteiger partial charge in [0.1, 0.15) is 18.5 Å². The number of ether oxygens (including phenoxy) is 3. The lowest BCUT2D eigenvalue weighted by Crippen LogP contribution is -2.57. The fraction of sp³-hybridized carbons (Fsp3) is 0.656. The summed E-state index contributed by atoms with van der Waals surface area (Å²) in [6, 6.07) is 2.51. The zero-order chi connectivity index (χ0) is 31.2. The molecule has 0 spiro atoms. The van der Waals surface area contributed by atoms with Crippen molar-refractivity contribution >= 4 is 40.7 Å². The number of halogens is 1. The first-order valence-electron chi connectivity index (χ1n) is 15.7. The molecule has 2 saturated carbocycles. The number of fused-ring (bicyclic) bond motifs is 2. The van der Waals surface area contributed by atoms with Gasteiger partial charge >= 0.3 is 0 Å². The summed E-state index contributed by atoms with van der Waals surface area (Å²) in [5, 5.41) is 23.9. The number of carbonyl (C=O) groups is 3. The Hall–Kier alpha value is -2.26. The van der Waals surface area contributed by atoms with Gasteiger partial charge in [-0.2, -0.15) is 0 Å². The zero-order valence-electron chi connectivity index (χ0n) is 25.3. The van der Waals surface area contributed by atoms with Crippen molar-refractivity contribution in [3.8, 4) is 11.5 Å². The van der Waals surface area contributed by atoms with Gasteiger partial charge in [0.15, 0.2) is 11.5 Å². The Kier molecular flexibility index (Phi) is 11.6. The summed E-state index contributed by atoms with van der Waals surface area (Å²) in [5.74, 6) is 1.93. The van der Waals surface area contributed by atoms with Crippen LogP contribution in [-0.4, -0.2) is 116 Å². The van der Waals surface area contributed by atoms with Crippen molar-refractivity contribution in [3.05, 3.63) is 32.9 Å². The summed E-state index contributed by atoms with van der Waals surface area (Å²) in [4.78, 5) is 42.9. The third kappa shape index (κ3) is 7.75. The fourth-order valence-corrected chi connectivity index (χ4v) is 8.11. The van der Waals surface area contributed by atoms with Crippen molar-refractivity contribution < 1.29 is 38.8 Å². The molecule has 2 amide bonds. The average Bonchev–Trinajstić information content (AvgIpc) is 3.66. The minimum absolute atomic E-state index is 0.00174. The van der Waals surface area contributed by atoms with Crippen molar-refractivity contribution in [2.75, 3.05) is 59.7 Å². The van der Waals surface area contributed by atoms with Gasteiger partial charge in [0, 0.05) is 56.7 Å². The summed E-state index contributed by atoms with van der Waals surface area (Å²) >= 11 is 2.05. The van der Waals surface area contributed by atoms with Crippen LogP contribution in [0.2, 0.25) is 0 Å². The van der Waals surface area contributed by atoms with E-state index in [0.717, 1.165) is 25.8 Å². The number of nitrogens with zero attached hydrogens (tertiary/aromatic N) is 2. The number of amides is 2. The largest absolute Gasteiger partial charge is 0.493 e. The van der Waals surface area contributed by atoms with Gasteiger partial charge in [0.05, 0.1) is 36.5 Å². The van der Waals surface area contributed by atoms with Gasteiger partial charge in [-0.1, -0.05) is 6.42 Å². The van der Waals surface area contributed by atoms with E-state index in [1.165, 1.54) is 26.4 Å². The predicted molar refractivity (Wildman–Crippen MR) is 171 cm³/mol. The Morgan fingerprint density at radius 3 is 2.68 bits per heavy atom. The lowest BCUT2D eigenvalue weighted by molar-refractivity contribution is -0.140. The average molecular weight is 726 g/mol. The highest BCUT2D eigenvalue weighted by Crippen LogP contribution is 2.50. The highest BCUT2D eigenvalue weighted by atomic mass is 127. The Bertz CT molecular complexity index is 1220. The first-order chi connectivity index (χ1) is 21.3. The molecule has 1 heterocycles. The smallest absolute Gasteiger partial charge is 0.247 e. The van der Waals surface area contributed by atoms with Crippen LogP contribution in [0.15, 0.2) is 23.8 Å². The van der Waals surface area contributed by atoms with Gasteiger partial charge in [-0.15, -0.1) is 0 Å². The van der Waals surface area contributed by atoms with Crippen molar-refractivity contribution in [3.63, 3.8) is 0 Å². The Morgan fingerprint density at radius 2 is 2.02 bits per heavy atom. The molecule has 12 heteroatoms. The lowest BCUT2D eigenvalue weighted by atomic mass is 9.84. The van der Waals surface area contributed by atoms with Crippen molar-refractivity contribution in [1.29, 1.82) is 0 Å². The number of aldehydes is 1. The Labute approximate surface area is 272 Å². The van der Waals surface area contributed by atoms with E-state index >= 15 is 0 Å². The summed E-state index contributed by atoms with van der Waals surface area (Å²) in [6.45, 7) is 3.75. The van der Waals surface area contributed by atoms with Crippen LogP contribution in [0.3, 0.4) is 0 Å². The van der Waals surface area contributed by atoms with Crippen LogP contribution in [0, 0.1) is 21.3 Å². The molecule has 3 N–H and O–H groups in total. The topological polar surface area (TPSA) is 138 Å². The van der Waals surface area contributed by atoms with Crippen molar-refractivity contribution in [2.24, 2.45) is 17.8 Å². The van der Waals surface area contributed by atoms with Crippen LogP contribution in [0.1, 0.15) is 48.9 Å². The minimum atomic E-state index is -1.13. The molecule has 3 unspecified atom stereocenters. The number of nitrogens with one attached hydrogen (secondary N) is 1. The minimum Gasteiger partial charge on any atom is -0.493 e. The normalized spacial score (nSPS) is 28.3. The molecule has 0 aromatic heterocycles. The van der Waals surface area contributed by atoms with Crippen LogP contribution in [0.4, 0.5) is 0 Å². The molecule has 3 aliphatic carbocycles. The molecule has 4 aliphatic rings. The lowest BCUT2D eigenvalue weighted by Gasteiger charge is -2.42. The highest BCUT2D eigenvalue weighted by Gasteiger charge is 2.44. The molecule has 1 aliphatic heterocycles. The maximum Gasteiger partial charge on any atom is 0.247 e. The number of morpholine rings is 1. The summed E-state index contributed by atoms with van der Waals surface area (Å²) in [5.41, 5.74) is 0.794. The van der Waals surface area contributed by atoms with Crippen molar-refractivity contribution in [1.82, 2.24) is 15.1 Å². The number of hydrogen-bond acceptors (Lipinski definition) is 9. The fourth-order valence-electron chi connectivity index (χ4n) is 7.36. The molecule has 2 bridgehead atoms. The quantitative estimate of drug-likeness (QED) is 0.206. The molecule has 242 valence electrons. The molecule has 0 radical (unpaired) electrons. The number of methoxy groups -OCH3 is 1. The Balaban J connectivity index is 1.43. The van der Waals surface area contributed by atoms with E-state index < -0.39 is 18.2 Å². The summed E-state index contributed by atoms with van der Waals surface area (Å²) in [7, 11) is 1.47. The van der Waals surface area contributed by atoms with Gasteiger partial charge in [-0.25, -0.2) is 0 Å². The molecule has 5 rings (SSSR count). The standard InChI is InChI=1S/C32H44IN3O8/c1-42-28-15-21(19-38)14-25(33)31(28)44-27-17-24(32(41)34-4-9-37)16-26(30(27)40)36(6-5-35-7-10-43-11-8-35)29(39)18-23-13-20-2-3-22(23)12-20/h14-15,17,19-20,22-23,26-27,30,37,40H,2-13,16,18H2,1H3,(H,34,41)/t20?,22?,23?,26-,27+,30+/m1/s1. The number of benzene rings is 1. The van der Waals surface area contributed by atoms with Crippen molar-refractivity contribution in [2.45, 2.75) is 56.8 Å². The van der Waals surface area contributed by atoms with Crippen LogP contribution in [-0.2, 0) is 14.3 Å². The summed E-state index contributed by atoms with van der Waals surface area (Å²) in [6.07, 6.45) is 5.51. The highest BCUT2D eigenvalue weighted by molar-refractivity contribution is 14.1. The second-order valence-electron chi connectivity index (χ2n) is 12.3. The Morgan fingerprint density at radius 1 is 1.23 bits per heavy atom. The van der Waals surface area contributed by atoms with Crippen LogP contribution < -0.4 is 14.8 Å². The maximum absolute atomic E-state index is 14.2. The second kappa shape index (κ2) is 15.4. The molecule has 44 heavy (non-hydrogen) atoms. The third-order valence-electron chi connectivity index (χ3n) is 9.66. The molecule has 1 aromatic carbocycles. The molecule has 1 saturated heterocycles. The third-order valence-corrected chi connectivity index (χ3v) is 10.5. The van der Waals surface area contributed by atoms with E-state index in [0.29, 0.717) is 76.7 Å². The van der Waals surface area contributed by atoms with Gasteiger partial charge in [0.25, 0.3) is 0 Å². The molecule has 1 aromatic rings. The number of aliphatic hydroxyl groups is 2. The van der Waals surface area contributed by atoms with E-state index in [1.54, 1.807) is 23.1 Å². The summed E-state index contributed by atoms with van der Waals surface area (Å²) < 4.78 is 18.0. The number of aliphatic hydroxyl groups excluding tert-OH is 2. The zero-order valence-corrected chi connectivity index (χ0v) is 27.4. The van der Waals surface area contributed by atoms with Gasteiger partial charge < -0.3 is 34.6 Å². The van der Waals surface area contributed by atoms with E-state index in [1.807, 2.05) is 22.6 Å². The van der Waals surface area contributed by atoms with E-state index in [-0.39, 0.29) is 31.4 Å². The molecular formula is C32H44IN3O8. The number of rotatable bonds is 13. The number of hydrogen-bond donors (Lipinski definition) is 3.